The van der Waals surface area contributed by atoms with E-state index in [1.54, 1.807) is 16.8 Å². The summed E-state index contributed by atoms with van der Waals surface area (Å²) in [6.45, 7) is 1.91. The molecular formula is C10H9BrN2O2. The standard InChI is InChI=1S/C10H9BrN2O2/c1-5-6-3-7(10(14)15)8(11)4-9(6)12-13(5)2/h3-4H,1-2H3,(H,14,15). The van der Waals surface area contributed by atoms with Crippen LogP contribution in [0.5, 0.6) is 0 Å². The fourth-order valence-electron chi connectivity index (χ4n) is 1.51. The van der Waals surface area contributed by atoms with Gasteiger partial charge in [0.2, 0.25) is 0 Å². The van der Waals surface area contributed by atoms with Gasteiger partial charge in [-0.05, 0) is 35.0 Å². The Morgan fingerprint density at radius 3 is 2.80 bits per heavy atom. The Bertz CT molecular complexity index is 560. The van der Waals surface area contributed by atoms with Crippen molar-refractivity contribution in [3.63, 3.8) is 0 Å². The average molecular weight is 269 g/mol. The second-order valence-corrected chi connectivity index (χ2v) is 4.22. The van der Waals surface area contributed by atoms with Crippen molar-refractivity contribution in [2.75, 3.05) is 0 Å². The summed E-state index contributed by atoms with van der Waals surface area (Å²) in [6, 6.07) is 3.37. The first-order valence-corrected chi connectivity index (χ1v) is 5.16. The van der Waals surface area contributed by atoms with E-state index in [0.29, 0.717) is 4.47 Å². The quantitative estimate of drug-likeness (QED) is 0.864. The lowest BCUT2D eigenvalue weighted by atomic mass is 10.1. The van der Waals surface area contributed by atoms with E-state index in [4.69, 9.17) is 5.11 Å². The van der Waals surface area contributed by atoms with Gasteiger partial charge in [-0.3, -0.25) is 4.68 Å². The van der Waals surface area contributed by atoms with Crippen molar-refractivity contribution in [1.29, 1.82) is 0 Å². The van der Waals surface area contributed by atoms with Crippen molar-refractivity contribution < 1.29 is 9.90 Å². The number of aryl methyl sites for hydroxylation is 2. The number of rotatable bonds is 1. The van der Waals surface area contributed by atoms with Crippen molar-refractivity contribution >= 4 is 32.8 Å². The van der Waals surface area contributed by atoms with Gasteiger partial charge >= 0.3 is 5.97 Å². The number of halogens is 1. The van der Waals surface area contributed by atoms with Gasteiger partial charge in [-0.1, -0.05) is 0 Å². The molecule has 0 aliphatic heterocycles. The summed E-state index contributed by atoms with van der Waals surface area (Å²) >= 11 is 3.22. The van der Waals surface area contributed by atoms with E-state index < -0.39 is 5.97 Å². The third-order valence-electron chi connectivity index (χ3n) is 2.45. The first kappa shape index (κ1) is 10.2. The maximum absolute atomic E-state index is 10.9. The normalized spacial score (nSPS) is 10.9. The smallest absolute Gasteiger partial charge is 0.336 e. The van der Waals surface area contributed by atoms with E-state index in [-0.39, 0.29) is 5.56 Å². The van der Waals surface area contributed by atoms with Crippen LogP contribution in [-0.4, -0.2) is 20.9 Å². The third-order valence-corrected chi connectivity index (χ3v) is 3.10. The molecular weight excluding hydrogens is 260 g/mol. The Kier molecular flexibility index (Phi) is 2.26. The van der Waals surface area contributed by atoms with Crippen molar-refractivity contribution in [2.45, 2.75) is 6.92 Å². The minimum atomic E-state index is -0.938. The average Bonchev–Trinajstić information content (AvgIpc) is 2.41. The van der Waals surface area contributed by atoms with Crippen LogP contribution in [0.4, 0.5) is 0 Å². The van der Waals surface area contributed by atoms with Crippen LogP contribution in [0.3, 0.4) is 0 Å². The molecule has 0 saturated heterocycles. The molecule has 78 valence electrons. The zero-order chi connectivity index (χ0) is 11.2. The van der Waals surface area contributed by atoms with Gasteiger partial charge in [-0.25, -0.2) is 4.79 Å². The molecule has 0 radical (unpaired) electrons. The van der Waals surface area contributed by atoms with E-state index in [9.17, 15) is 4.79 Å². The molecule has 2 rings (SSSR count). The van der Waals surface area contributed by atoms with E-state index >= 15 is 0 Å². The van der Waals surface area contributed by atoms with Crippen LogP contribution in [0.25, 0.3) is 10.9 Å². The van der Waals surface area contributed by atoms with E-state index in [1.807, 2.05) is 14.0 Å². The van der Waals surface area contributed by atoms with Crippen LogP contribution in [0.2, 0.25) is 0 Å². The topological polar surface area (TPSA) is 55.1 Å². The number of benzene rings is 1. The van der Waals surface area contributed by atoms with Gasteiger partial charge in [0.15, 0.2) is 0 Å². The highest BCUT2D eigenvalue weighted by Gasteiger charge is 2.13. The maximum atomic E-state index is 10.9. The molecule has 1 aromatic carbocycles. The molecule has 5 heteroatoms. The van der Waals surface area contributed by atoms with Crippen molar-refractivity contribution in [2.24, 2.45) is 7.05 Å². The molecule has 1 heterocycles. The number of nitrogens with zero attached hydrogens (tertiary/aromatic N) is 2. The van der Waals surface area contributed by atoms with E-state index in [2.05, 4.69) is 21.0 Å². The maximum Gasteiger partial charge on any atom is 0.336 e. The molecule has 0 saturated carbocycles. The van der Waals surface area contributed by atoms with Gasteiger partial charge in [0.05, 0.1) is 11.1 Å². The van der Waals surface area contributed by atoms with Gasteiger partial charge in [0, 0.05) is 22.6 Å². The number of fused-ring (bicyclic) bond motifs is 1. The minimum Gasteiger partial charge on any atom is -0.478 e. The zero-order valence-corrected chi connectivity index (χ0v) is 9.87. The van der Waals surface area contributed by atoms with Gasteiger partial charge in [-0.15, -0.1) is 0 Å². The molecule has 0 fully saturated rings. The van der Waals surface area contributed by atoms with Crippen LogP contribution in [0, 0.1) is 6.92 Å². The van der Waals surface area contributed by atoms with Crippen molar-refractivity contribution in [1.82, 2.24) is 9.78 Å². The zero-order valence-electron chi connectivity index (χ0n) is 8.28. The lowest BCUT2D eigenvalue weighted by Crippen LogP contribution is -1.97. The highest BCUT2D eigenvalue weighted by atomic mass is 79.9. The Labute approximate surface area is 94.6 Å². The molecule has 0 bridgehead atoms. The summed E-state index contributed by atoms with van der Waals surface area (Å²) in [4.78, 5) is 10.9. The Morgan fingerprint density at radius 1 is 1.53 bits per heavy atom. The fraction of sp³-hybridized carbons (Fsp3) is 0.200. The molecule has 0 atom stereocenters. The molecule has 0 aliphatic carbocycles. The summed E-state index contributed by atoms with van der Waals surface area (Å²) in [5, 5.41) is 14.1. The number of aromatic carboxylic acids is 1. The first-order chi connectivity index (χ1) is 7.00. The van der Waals surface area contributed by atoms with Crippen LogP contribution >= 0.6 is 15.9 Å². The first-order valence-electron chi connectivity index (χ1n) is 4.37. The Hall–Kier alpha value is -1.36. The van der Waals surface area contributed by atoms with Crippen molar-refractivity contribution in [3.8, 4) is 0 Å². The number of hydrogen-bond donors (Lipinski definition) is 1. The van der Waals surface area contributed by atoms with Gasteiger partial charge in [0.25, 0.3) is 0 Å². The number of aromatic nitrogens is 2. The van der Waals surface area contributed by atoms with Crippen molar-refractivity contribution in [3.05, 3.63) is 27.9 Å². The van der Waals surface area contributed by atoms with Crippen LogP contribution in [-0.2, 0) is 7.05 Å². The minimum absolute atomic E-state index is 0.263. The summed E-state index contributed by atoms with van der Waals surface area (Å²) < 4.78 is 2.29. The number of carboxylic acids is 1. The molecule has 0 spiro atoms. The summed E-state index contributed by atoms with van der Waals surface area (Å²) in [5.41, 5.74) is 2.02. The monoisotopic (exact) mass is 268 g/mol. The van der Waals surface area contributed by atoms with Gasteiger partial charge in [0.1, 0.15) is 0 Å². The van der Waals surface area contributed by atoms with Gasteiger partial charge in [-0.2, -0.15) is 5.10 Å². The predicted molar refractivity (Wildman–Crippen MR) is 60.1 cm³/mol. The lowest BCUT2D eigenvalue weighted by Gasteiger charge is -1.98. The predicted octanol–water partition coefficient (Wildman–Crippen LogP) is 2.34. The van der Waals surface area contributed by atoms with Gasteiger partial charge < -0.3 is 5.11 Å². The largest absolute Gasteiger partial charge is 0.478 e. The fourth-order valence-corrected chi connectivity index (χ4v) is 2.01. The lowest BCUT2D eigenvalue weighted by molar-refractivity contribution is 0.0696. The second kappa shape index (κ2) is 3.34. The molecule has 1 N–H and O–H groups in total. The van der Waals surface area contributed by atoms with Crippen LogP contribution < -0.4 is 0 Å². The summed E-state index contributed by atoms with van der Waals surface area (Å²) in [6.07, 6.45) is 0. The van der Waals surface area contributed by atoms with Crippen LogP contribution in [0.1, 0.15) is 16.1 Å². The molecule has 0 aliphatic rings. The molecule has 2 aromatic rings. The number of carbonyl (C=O) groups is 1. The molecule has 4 nitrogen and oxygen atoms in total. The second-order valence-electron chi connectivity index (χ2n) is 3.36. The van der Waals surface area contributed by atoms with Crippen LogP contribution in [0.15, 0.2) is 16.6 Å². The molecule has 1 aromatic heterocycles. The highest BCUT2D eigenvalue weighted by molar-refractivity contribution is 9.10. The van der Waals surface area contributed by atoms with E-state index in [0.717, 1.165) is 16.6 Å². The number of carboxylic acid groups (broad SMARTS) is 1. The highest BCUT2D eigenvalue weighted by Crippen LogP contribution is 2.25. The summed E-state index contributed by atoms with van der Waals surface area (Å²) in [7, 11) is 1.84. The molecule has 0 amide bonds. The Balaban J connectivity index is 2.83. The third kappa shape index (κ3) is 1.52. The SMILES string of the molecule is Cc1c2cc(C(=O)O)c(Br)cc2nn1C. The van der Waals surface area contributed by atoms with E-state index in [1.165, 1.54) is 0 Å². The molecule has 15 heavy (non-hydrogen) atoms. The molecule has 0 unspecified atom stereocenters. The number of hydrogen-bond acceptors (Lipinski definition) is 2. The summed E-state index contributed by atoms with van der Waals surface area (Å²) in [5.74, 6) is -0.938. The Morgan fingerprint density at radius 2 is 2.20 bits per heavy atom.